The summed E-state index contributed by atoms with van der Waals surface area (Å²) in [6.07, 6.45) is 1.22. The molecular weight excluding hydrogens is 306 g/mol. The summed E-state index contributed by atoms with van der Waals surface area (Å²) in [7, 11) is 0. The normalized spacial score (nSPS) is 12.4. The number of carbonyl (C=O) groups excluding carboxylic acids is 1. The molecule has 5 heteroatoms. The Labute approximate surface area is 142 Å². The highest BCUT2D eigenvalue weighted by Crippen LogP contribution is 2.17. The van der Waals surface area contributed by atoms with Crippen LogP contribution in [0.25, 0.3) is 0 Å². The summed E-state index contributed by atoms with van der Waals surface area (Å²) in [6, 6.07) is 8.09. The quantitative estimate of drug-likeness (QED) is 0.819. The molecular formula is C18H25N3OS. The summed E-state index contributed by atoms with van der Waals surface area (Å²) < 4.78 is 0. The Balaban J connectivity index is 1.83. The molecule has 1 aromatic carbocycles. The number of hydrogen-bond acceptors (Lipinski definition) is 4. The molecule has 0 radical (unpaired) electrons. The third kappa shape index (κ3) is 5.15. The first kappa shape index (κ1) is 17.6. The second-order valence-electron chi connectivity index (χ2n) is 5.99. The van der Waals surface area contributed by atoms with Crippen LogP contribution in [0.15, 0.2) is 29.6 Å². The fourth-order valence-corrected chi connectivity index (χ4v) is 3.03. The van der Waals surface area contributed by atoms with Crippen molar-refractivity contribution in [2.75, 3.05) is 6.54 Å². The van der Waals surface area contributed by atoms with Gasteiger partial charge in [0.25, 0.3) is 0 Å². The molecule has 3 N–H and O–H groups in total. The van der Waals surface area contributed by atoms with Gasteiger partial charge in [0.15, 0.2) is 0 Å². The van der Waals surface area contributed by atoms with Gasteiger partial charge in [-0.3, -0.25) is 4.79 Å². The minimum Gasteiger partial charge on any atom is -0.354 e. The molecule has 0 saturated carbocycles. The average Bonchev–Trinajstić information content (AvgIpc) is 3.00. The van der Waals surface area contributed by atoms with E-state index in [1.165, 1.54) is 5.56 Å². The molecule has 0 bridgehead atoms. The number of hydrogen-bond donors (Lipinski definition) is 2. The van der Waals surface area contributed by atoms with Crippen LogP contribution >= 0.6 is 11.3 Å². The molecule has 23 heavy (non-hydrogen) atoms. The average molecular weight is 331 g/mol. The zero-order chi connectivity index (χ0) is 16.8. The predicted molar refractivity (Wildman–Crippen MR) is 95.7 cm³/mol. The Morgan fingerprint density at radius 2 is 1.91 bits per heavy atom. The second kappa shape index (κ2) is 8.22. The summed E-state index contributed by atoms with van der Waals surface area (Å²) >= 11 is 1.60. The molecule has 0 aliphatic carbocycles. The van der Waals surface area contributed by atoms with Gasteiger partial charge < -0.3 is 11.1 Å². The highest BCUT2D eigenvalue weighted by Gasteiger charge is 2.11. The maximum absolute atomic E-state index is 12.0. The van der Waals surface area contributed by atoms with Crippen molar-refractivity contribution in [2.45, 2.75) is 45.6 Å². The van der Waals surface area contributed by atoms with Gasteiger partial charge in [-0.05, 0) is 23.5 Å². The van der Waals surface area contributed by atoms with Crippen molar-refractivity contribution in [1.29, 1.82) is 0 Å². The van der Waals surface area contributed by atoms with Crippen molar-refractivity contribution in [3.63, 3.8) is 0 Å². The van der Waals surface area contributed by atoms with Crippen molar-refractivity contribution in [3.05, 3.63) is 51.5 Å². The lowest BCUT2D eigenvalue weighted by atomic mass is 9.99. The van der Waals surface area contributed by atoms with Crippen LogP contribution in [0.2, 0.25) is 0 Å². The fourth-order valence-electron chi connectivity index (χ4n) is 2.29. The lowest BCUT2D eigenvalue weighted by Crippen LogP contribution is -2.32. The number of nitrogens with zero attached hydrogens (tertiary/aromatic N) is 1. The Morgan fingerprint density at radius 1 is 1.26 bits per heavy atom. The van der Waals surface area contributed by atoms with Crippen LogP contribution in [-0.4, -0.2) is 17.4 Å². The van der Waals surface area contributed by atoms with E-state index in [2.05, 4.69) is 43.2 Å². The van der Waals surface area contributed by atoms with Crippen LogP contribution in [0.1, 0.15) is 54.6 Å². The Morgan fingerprint density at radius 3 is 2.48 bits per heavy atom. The summed E-state index contributed by atoms with van der Waals surface area (Å²) in [5, 5.41) is 5.91. The van der Waals surface area contributed by atoms with E-state index in [4.69, 9.17) is 5.73 Å². The van der Waals surface area contributed by atoms with Crippen molar-refractivity contribution >= 4 is 17.2 Å². The van der Waals surface area contributed by atoms with E-state index in [1.54, 1.807) is 11.3 Å². The van der Waals surface area contributed by atoms with Crippen LogP contribution < -0.4 is 11.1 Å². The monoisotopic (exact) mass is 331 g/mol. The van der Waals surface area contributed by atoms with Gasteiger partial charge in [0.05, 0.1) is 17.1 Å². The highest BCUT2D eigenvalue weighted by molar-refractivity contribution is 7.09. The van der Waals surface area contributed by atoms with E-state index < -0.39 is 0 Å². The molecule has 0 aliphatic rings. The summed E-state index contributed by atoms with van der Waals surface area (Å²) in [6.45, 7) is 6.83. The number of aromatic nitrogens is 1. The second-order valence-corrected chi connectivity index (χ2v) is 6.94. The molecule has 1 unspecified atom stereocenters. The smallest absolute Gasteiger partial charge is 0.226 e. The number of aryl methyl sites for hydroxylation is 1. The fraction of sp³-hybridized carbons (Fsp3) is 0.444. The Kier molecular flexibility index (Phi) is 6.30. The van der Waals surface area contributed by atoms with Gasteiger partial charge in [0.2, 0.25) is 5.91 Å². The number of thiazole rings is 1. The maximum atomic E-state index is 12.0. The molecule has 1 amide bonds. The number of nitrogens with two attached hydrogens (primary N) is 1. The molecule has 0 fully saturated rings. The van der Waals surface area contributed by atoms with E-state index >= 15 is 0 Å². The molecule has 0 spiro atoms. The molecule has 0 aliphatic heterocycles. The molecule has 4 nitrogen and oxygen atoms in total. The number of benzene rings is 1. The topological polar surface area (TPSA) is 68.0 Å². The van der Waals surface area contributed by atoms with E-state index in [1.807, 2.05) is 17.5 Å². The van der Waals surface area contributed by atoms with Gasteiger partial charge >= 0.3 is 0 Å². The van der Waals surface area contributed by atoms with Crippen LogP contribution in [0.3, 0.4) is 0 Å². The molecule has 1 heterocycles. The largest absolute Gasteiger partial charge is 0.354 e. The van der Waals surface area contributed by atoms with Gasteiger partial charge in [-0.15, -0.1) is 11.3 Å². The van der Waals surface area contributed by atoms with Gasteiger partial charge in [0.1, 0.15) is 0 Å². The van der Waals surface area contributed by atoms with Crippen molar-refractivity contribution < 1.29 is 4.79 Å². The number of carbonyl (C=O) groups is 1. The molecule has 1 aromatic heterocycles. The zero-order valence-electron chi connectivity index (χ0n) is 14.0. The Hall–Kier alpha value is -1.72. The first-order chi connectivity index (χ1) is 11.0. The molecule has 1 atom stereocenters. The van der Waals surface area contributed by atoms with E-state index in [9.17, 15) is 4.79 Å². The first-order valence-corrected chi connectivity index (χ1v) is 8.93. The van der Waals surface area contributed by atoms with E-state index in [-0.39, 0.29) is 11.9 Å². The Bertz CT molecular complexity index is 634. The summed E-state index contributed by atoms with van der Waals surface area (Å²) in [5.41, 5.74) is 9.32. The van der Waals surface area contributed by atoms with Crippen LogP contribution in [-0.2, 0) is 17.6 Å². The molecule has 2 rings (SSSR count). The number of rotatable bonds is 7. The molecule has 2 aromatic rings. The SMILES string of the molecule is CCc1nc(CC(=O)NCC(N)c2ccc(C(C)C)cc2)cs1. The molecule has 0 saturated heterocycles. The lowest BCUT2D eigenvalue weighted by molar-refractivity contribution is -0.120. The van der Waals surface area contributed by atoms with Gasteiger partial charge in [-0.25, -0.2) is 4.98 Å². The highest BCUT2D eigenvalue weighted by atomic mass is 32.1. The van der Waals surface area contributed by atoms with Crippen molar-refractivity contribution in [2.24, 2.45) is 5.73 Å². The molecule has 124 valence electrons. The third-order valence-corrected chi connectivity index (χ3v) is 4.84. The van der Waals surface area contributed by atoms with Crippen molar-refractivity contribution in [3.8, 4) is 0 Å². The summed E-state index contributed by atoms with van der Waals surface area (Å²) in [5.74, 6) is 0.471. The predicted octanol–water partition coefficient (Wildman–Crippen LogP) is 3.19. The standard InChI is InChI=1S/C18H25N3OS/c1-4-18-21-15(11-23-18)9-17(22)20-10-16(19)14-7-5-13(6-8-14)12(2)3/h5-8,11-12,16H,4,9-10,19H2,1-3H3,(H,20,22). The van der Waals surface area contributed by atoms with Crippen LogP contribution in [0.5, 0.6) is 0 Å². The minimum absolute atomic E-state index is 0.0350. The number of amides is 1. The van der Waals surface area contributed by atoms with Gasteiger partial charge in [-0.2, -0.15) is 0 Å². The van der Waals surface area contributed by atoms with Gasteiger partial charge in [-0.1, -0.05) is 45.0 Å². The number of nitrogens with one attached hydrogen (secondary N) is 1. The minimum atomic E-state index is -0.193. The van der Waals surface area contributed by atoms with E-state index in [0.717, 1.165) is 22.7 Å². The van der Waals surface area contributed by atoms with Gasteiger partial charge in [0, 0.05) is 18.0 Å². The van der Waals surface area contributed by atoms with Crippen molar-refractivity contribution in [1.82, 2.24) is 10.3 Å². The zero-order valence-corrected chi connectivity index (χ0v) is 14.8. The van der Waals surface area contributed by atoms with Crippen LogP contribution in [0.4, 0.5) is 0 Å². The lowest BCUT2D eigenvalue weighted by Gasteiger charge is -2.14. The van der Waals surface area contributed by atoms with E-state index in [0.29, 0.717) is 18.9 Å². The first-order valence-electron chi connectivity index (χ1n) is 8.05. The third-order valence-electron chi connectivity index (χ3n) is 3.79. The maximum Gasteiger partial charge on any atom is 0.226 e. The van der Waals surface area contributed by atoms with Crippen LogP contribution in [0, 0.1) is 0 Å². The summed E-state index contributed by atoms with van der Waals surface area (Å²) in [4.78, 5) is 16.4.